The summed E-state index contributed by atoms with van der Waals surface area (Å²) in [5, 5.41) is 0. The minimum atomic E-state index is 1.07. The van der Waals surface area contributed by atoms with Gasteiger partial charge in [0.25, 0.3) is 0 Å². The third-order valence-electron chi connectivity index (χ3n) is 3.91. The van der Waals surface area contributed by atoms with Crippen LogP contribution >= 0.6 is 0 Å². The lowest BCUT2D eigenvalue weighted by molar-refractivity contribution is 0.920. The Morgan fingerprint density at radius 1 is 0.667 bits per heavy atom. The third kappa shape index (κ3) is 3.43. The summed E-state index contributed by atoms with van der Waals surface area (Å²) in [6, 6.07) is 21.9. The van der Waals surface area contributed by atoms with Crippen LogP contribution in [0.5, 0.6) is 0 Å². The number of rotatable bonds is 4. The van der Waals surface area contributed by atoms with Crippen LogP contribution in [-0.4, -0.2) is 4.98 Å². The molecule has 106 valence electrons. The molecule has 0 saturated carbocycles. The van der Waals surface area contributed by atoms with Crippen molar-refractivity contribution in [3.05, 3.63) is 83.2 Å². The van der Waals surface area contributed by atoms with E-state index in [-0.39, 0.29) is 0 Å². The summed E-state index contributed by atoms with van der Waals surface area (Å²) < 4.78 is 0. The van der Waals surface area contributed by atoms with Gasteiger partial charge in [0.05, 0.1) is 0 Å². The lowest BCUT2D eigenvalue weighted by atomic mass is 10.0. The molecule has 1 aromatic heterocycles. The van der Waals surface area contributed by atoms with E-state index in [9.17, 15) is 0 Å². The summed E-state index contributed by atoms with van der Waals surface area (Å²) in [6.45, 7) is 4.22. The molecule has 0 unspecified atom stereocenters. The largest absolute Gasteiger partial charge is 0.362 e. The average molecular weight is 275 g/mol. The summed E-state index contributed by atoms with van der Waals surface area (Å²) in [5.41, 5.74) is 7.81. The van der Waals surface area contributed by atoms with Gasteiger partial charge < -0.3 is 4.98 Å². The van der Waals surface area contributed by atoms with Gasteiger partial charge in [-0.25, -0.2) is 0 Å². The zero-order valence-corrected chi connectivity index (χ0v) is 12.7. The molecular formula is C20H21N. The molecule has 0 aliphatic heterocycles. The van der Waals surface area contributed by atoms with Crippen LogP contribution < -0.4 is 0 Å². The van der Waals surface area contributed by atoms with Crippen LogP contribution in [0.25, 0.3) is 11.1 Å². The van der Waals surface area contributed by atoms with Crippen LogP contribution in [0.1, 0.15) is 22.5 Å². The van der Waals surface area contributed by atoms with Crippen molar-refractivity contribution in [1.29, 1.82) is 0 Å². The normalized spacial score (nSPS) is 10.8. The number of H-pyrrole nitrogens is 1. The predicted molar refractivity (Wildman–Crippen MR) is 89.6 cm³/mol. The smallest absolute Gasteiger partial charge is 0.0152 e. The Morgan fingerprint density at radius 2 is 1.29 bits per heavy atom. The number of hydrogen-bond donors (Lipinski definition) is 1. The van der Waals surface area contributed by atoms with Crippen molar-refractivity contribution in [1.82, 2.24) is 4.98 Å². The van der Waals surface area contributed by atoms with Crippen molar-refractivity contribution >= 4 is 0 Å². The van der Waals surface area contributed by atoms with Gasteiger partial charge in [-0.1, -0.05) is 54.1 Å². The zero-order valence-electron chi connectivity index (χ0n) is 12.7. The third-order valence-corrected chi connectivity index (χ3v) is 3.91. The number of aromatic amines is 1. The Bertz CT molecular complexity index is 702. The van der Waals surface area contributed by atoms with Gasteiger partial charge in [-0.15, -0.1) is 0 Å². The van der Waals surface area contributed by atoms with Crippen molar-refractivity contribution in [2.45, 2.75) is 26.7 Å². The highest BCUT2D eigenvalue weighted by Crippen LogP contribution is 2.20. The van der Waals surface area contributed by atoms with Gasteiger partial charge in [-0.3, -0.25) is 0 Å². The second-order valence-corrected chi connectivity index (χ2v) is 5.73. The first-order valence-electron chi connectivity index (χ1n) is 7.51. The Morgan fingerprint density at radius 3 is 1.86 bits per heavy atom. The molecule has 0 aliphatic rings. The predicted octanol–water partition coefficient (Wildman–Crippen LogP) is 5.08. The first-order valence-corrected chi connectivity index (χ1v) is 7.51. The SMILES string of the molecule is Cc1ccc(-c2ccc(CCc3ccc(C)[nH]3)cc2)cc1. The second kappa shape index (κ2) is 6.01. The summed E-state index contributed by atoms with van der Waals surface area (Å²) in [5.74, 6) is 0. The van der Waals surface area contributed by atoms with E-state index in [1.165, 1.54) is 33.6 Å². The van der Waals surface area contributed by atoms with E-state index < -0.39 is 0 Å². The quantitative estimate of drug-likeness (QED) is 0.683. The molecule has 0 spiro atoms. The minimum Gasteiger partial charge on any atom is -0.362 e. The summed E-state index contributed by atoms with van der Waals surface area (Å²) in [6.07, 6.45) is 2.14. The number of aromatic nitrogens is 1. The fourth-order valence-electron chi connectivity index (χ4n) is 2.60. The van der Waals surface area contributed by atoms with Gasteiger partial charge in [-0.05, 0) is 55.5 Å². The molecule has 0 atom stereocenters. The molecule has 0 radical (unpaired) electrons. The van der Waals surface area contributed by atoms with E-state index >= 15 is 0 Å². The zero-order chi connectivity index (χ0) is 14.7. The Balaban J connectivity index is 1.67. The number of benzene rings is 2. The molecule has 0 bridgehead atoms. The monoisotopic (exact) mass is 275 g/mol. The highest BCUT2D eigenvalue weighted by molar-refractivity contribution is 5.63. The van der Waals surface area contributed by atoms with Crippen molar-refractivity contribution in [3.63, 3.8) is 0 Å². The highest BCUT2D eigenvalue weighted by atomic mass is 14.7. The van der Waals surface area contributed by atoms with Crippen LogP contribution in [0.2, 0.25) is 0 Å². The van der Waals surface area contributed by atoms with Gasteiger partial charge >= 0.3 is 0 Å². The molecule has 21 heavy (non-hydrogen) atoms. The Hall–Kier alpha value is -2.28. The van der Waals surface area contributed by atoms with E-state index in [0.717, 1.165) is 12.8 Å². The fourth-order valence-corrected chi connectivity index (χ4v) is 2.60. The first kappa shape index (κ1) is 13.7. The van der Waals surface area contributed by atoms with Crippen LogP contribution in [0.3, 0.4) is 0 Å². The van der Waals surface area contributed by atoms with Crippen molar-refractivity contribution < 1.29 is 0 Å². The summed E-state index contributed by atoms with van der Waals surface area (Å²) in [7, 11) is 0. The van der Waals surface area contributed by atoms with Crippen LogP contribution in [0.15, 0.2) is 60.7 Å². The minimum absolute atomic E-state index is 1.07. The molecule has 0 saturated heterocycles. The fraction of sp³-hybridized carbons (Fsp3) is 0.200. The molecule has 1 nitrogen and oxygen atoms in total. The van der Waals surface area contributed by atoms with Crippen molar-refractivity contribution in [3.8, 4) is 11.1 Å². The topological polar surface area (TPSA) is 15.8 Å². The van der Waals surface area contributed by atoms with Crippen LogP contribution in [0.4, 0.5) is 0 Å². The molecule has 0 aliphatic carbocycles. The number of hydrogen-bond acceptors (Lipinski definition) is 0. The maximum atomic E-state index is 3.39. The van der Waals surface area contributed by atoms with E-state index in [2.05, 4.69) is 79.5 Å². The lowest BCUT2D eigenvalue weighted by Crippen LogP contribution is -1.91. The van der Waals surface area contributed by atoms with Gasteiger partial charge in [0.1, 0.15) is 0 Å². The summed E-state index contributed by atoms with van der Waals surface area (Å²) in [4.78, 5) is 3.39. The van der Waals surface area contributed by atoms with Gasteiger partial charge in [-0.2, -0.15) is 0 Å². The Kier molecular flexibility index (Phi) is 3.92. The number of nitrogens with one attached hydrogen (secondary N) is 1. The standard InChI is InChI=1S/C20H21N/c1-15-3-9-18(10-4-15)19-11-6-17(7-12-19)8-14-20-13-5-16(2)21-20/h3-7,9-13,21H,8,14H2,1-2H3. The van der Waals surface area contributed by atoms with Gasteiger partial charge in [0.2, 0.25) is 0 Å². The molecule has 3 rings (SSSR count). The maximum absolute atomic E-state index is 3.39. The first-order chi connectivity index (χ1) is 10.2. The molecular weight excluding hydrogens is 254 g/mol. The van der Waals surface area contributed by atoms with Crippen molar-refractivity contribution in [2.24, 2.45) is 0 Å². The van der Waals surface area contributed by atoms with E-state index in [0.29, 0.717) is 0 Å². The summed E-state index contributed by atoms with van der Waals surface area (Å²) >= 11 is 0. The molecule has 1 heterocycles. The number of aryl methyl sites for hydroxylation is 4. The molecule has 1 heteroatoms. The van der Waals surface area contributed by atoms with Gasteiger partial charge in [0, 0.05) is 11.4 Å². The van der Waals surface area contributed by atoms with Crippen LogP contribution in [0, 0.1) is 13.8 Å². The molecule has 1 N–H and O–H groups in total. The lowest BCUT2D eigenvalue weighted by Gasteiger charge is -2.05. The average Bonchev–Trinajstić information content (AvgIpc) is 2.92. The second-order valence-electron chi connectivity index (χ2n) is 5.73. The molecule has 0 fully saturated rings. The molecule has 2 aromatic carbocycles. The van der Waals surface area contributed by atoms with Crippen LogP contribution in [-0.2, 0) is 12.8 Å². The molecule has 3 aromatic rings. The van der Waals surface area contributed by atoms with E-state index in [1.54, 1.807) is 0 Å². The maximum Gasteiger partial charge on any atom is 0.0152 e. The highest BCUT2D eigenvalue weighted by Gasteiger charge is 2.00. The van der Waals surface area contributed by atoms with E-state index in [1.807, 2.05) is 0 Å². The van der Waals surface area contributed by atoms with Crippen molar-refractivity contribution in [2.75, 3.05) is 0 Å². The molecule has 0 amide bonds. The van der Waals surface area contributed by atoms with Gasteiger partial charge in [0.15, 0.2) is 0 Å². The van der Waals surface area contributed by atoms with E-state index in [4.69, 9.17) is 0 Å². The Labute approximate surface area is 126 Å².